The van der Waals surface area contributed by atoms with E-state index in [0.717, 1.165) is 32.7 Å². The Balaban J connectivity index is 1.54. The van der Waals surface area contributed by atoms with Gasteiger partial charge in [0.25, 0.3) is 0 Å². The van der Waals surface area contributed by atoms with E-state index in [9.17, 15) is 4.79 Å². The number of anilines is 1. The molecule has 1 unspecified atom stereocenters. The highest BCUT2D eigenvalue weighted by molar-refractivity contribution is 8.00. The quantitative estimate of drug-likeness (QED) is 0.368. The number of para-hydroxylation sites is 2. The van der Waals surface area contributed by atoms with Crippen LogP contribution in [0.15, 0.2) is 90.2 Å². The second-order valence-corrected chi connectivity index (χ2v) is 7.69. The summed E-state index contributed by atoms with van der Waals surface area (Å²) in [7, 11) is 0. The predicted molar refractivity (Wildman–Crippen MR) is 115 cm³/mol. The first-order chi connectivity index (χ1) is 13.7. The SMILES string of the molecule is CC(Sc1ncnc2ccccc12)C(=O)Nc1ccccc1-c1ccccc1. The number of amides is 1. The van der Waals surface area contributed by atoms with Crippen molar-refractivity contribution in [2.75, 3.05) is 5.32 Å². The molecule has 28 heavy (non-hydrogen) atoms. The minimum absolute atomic E-state index is 0.0592. The van der Waals surface area contributed by atoms with Crippen LogP contribution in [0.2, 0.25) is 0 Å². The third kappa shape index (κ3) is 3.89. The molecule has 138 valence electrons. The zero-order valence-corrected chi connectivity index (χ0v) is 16.2. The van der Waals surface area contributed by atoms with E-state index in [-0.39, 0.29) is 11.2 Å². The van der Waals surface area contributed by atoms with Gasteiger partial charge in [-0.05, 0) is 24.6 Å². The van der Waals surface area contributed by atoms with Gasteiger partial charge in [-0.3, -0.25) is 4.79 Å². The Morgan fingerprint density at radius 3 is 2.46 bits per heavy atom. The number of aromatic nitrogens is 2. The van der Waals surface area contributed by atoms with Crippen molar-refractivity contribution in [2.24, 2.45) is 0 Å². The summed E-state index contributed by atoms with van der Waals surface area (Å²) < 4.78 is 0. The fraction of sp³-hybridized carbons (Fsp3) is 0.0870. The maximum Gasteiger partial charge on any atom is 0.237 e. The van der Waals surface area contributed by atoms with Crippen LogP contribution in [0.25, 0.3) is 22.0 Å². The average Bonchev–Trinajstić information content (AvgIpc) is 2.75. The summed E-state index contributed by atoms with van der Waals surface area (Å²) in [6.45, 7) is 1.89. The normalized spacial score (nSPS) is 11.9. The molecule has 4 rings (SSSR count). The van der Waals surface area contributed by atoms with Gasteiger partial charge in [0.05, 0.1) is 10.8 Å². The zero-order valence-electron chi connectivity index (χ0n) is 15.4. The molecule has 5 heteroatoms. The van der Waals surface area contributed by atoms with Crippen LogP contribution in [0, 0.1) is 0 Å². The molecule has 4 nitrogen and oxygen atoms in total. The first kappa shape index (κ1) is 18.2. The van der Waals surface area contributed by atoms with Crippen molar-refractivity contribution >= 4 is 34.3 Å². The van der Waals surface area contributed by atoms with E-state index >= 15 is 0 Å². The Hall–Kier alpha value is -3.18. The summed E-state index contributed by atoms with van der Waals surface area (Å²) in [6, 6.07) is 25.7. The number of benzene rings is 3. The van der Waals surface area contributed by atoms with E-state index in [0.29, 0.717) is 0 Å². The van der Waals surface area contributed by atoms with Gasteiger partial charge in [-0.2, -0.15) is 0 Å². The second kappa shape index (κ2) is 8.23. The molecule has 0 bridgehead atoms. The van der Waals surface area contributed by atoms with Gasteiger partial charge < -0.3 is 5.32 Å². The Kier molecular flexibility index (Phi) is 5.35. The van der Waals surface area contributed by atoms with E-state index in [1.807, 2.05) is 85.8 Å². The molecule has 1 N–H and O–H groups in total. The van der Waals surface area contributed by atoms with Gasteiger partial charge in [-0.15, -0.1) is 0 Å². The smallest absolute Gasteiger partial charge is 0.237 e. The molecule has 0 aliphatic carbocycles. The fourth-order valence-corrected chi connectivity index (χ4v) is 3.90. The predicted octanol–water partition coefficient (Wildman–Crippen LogP) is 5.42. The van der Waals surface area contributed by atoms with E-state index in [4.69, 9.17) is 0 Å². The van der Waals surface area contributed by atoms with Crippen molar-refractivity contribution in [3.05, 3.63) is 85.2 Å². The lowest BCUT2D eigenvalue weighted by atomic mass is 10.0. The number of nitrogens with one attached hydrogen (secondary N) is 1. The molecule has 0 saturated carbocycles. The number of hydrogen-bond donors (Lipinski definition) is 1. The number of thioether (sulfide) groups is 1. The van der Waals surface area contributed by atoms with Crippen LogP contribution in [-0.2, 0) is 4.79 Å². The highest BCUT2D eigenvalue weighted by atomic mass is 32.2. The molecule has 4 aromatic rings. The maximum atomic E-state index is 12.9. The molecule has 0 saturated heterocycles. The lowest BCUT2D eigenvalue weighted by molar-refractivity contribution is -0.115. The van der Waals surface area contributed by atoms with Crippen LogP contribution in [0.5, 0.6) is 0 Å². The minimum atomic E-state index is -0.304. The van der Waals surface area contributed by atoms with Crippen LogP contribution in [0.1, 0.15) is 6.92 Å². The number of nitrogens with zero attached hydrogens (tertiary/aromatic N) is 2. The van der Waals surface area contributed by atoms with E-state index in [2.05, 4.69) is 15.3 Å². The second-order valence-electron chi connectivity index (χ2n) is 6.36. The van der Waals surface area contributed by atoms with Crippen LogP contribution in [0.3, 0.4) is 0 Å². The highest BCUT2D eigenvalue weighted by Gasteiger charge is 2.18. The Morgan fingerprint density at radius 2 is 1.61 bits per heavy atom. The van der Waals surface area contributed by atoms with Crippen molar-refractivity contribution in [3.63, 3.8) is 0 Å². The van der Waals surface area contributed by atoms with Gasteiger partial charge in [-0.25, -0.2) is 9.97 Å². The molecule has 0 spiro atoms. The molecule has 3 aromatic carbocycles. The Bertz CT molecular complexity index is 1110. The van der Waals surface area contributed by atoms with Crippen LogP contribution < -0.4 is 5.32 Å². The topological polar surface area (TPSA) is 54.9 Å². The molecule has 1 atom stereocenters. The summed E-state index contributed by atoms with van der Waals surface area (Å²) in [5, 5.41) is 4.54. The summed E-state index contributed by atoms with van der Waals surface area (Å²) in [5.41, 5.74) is 3.75. The summed E-state index contributed by atoms with van der Waals surface area (Å²) >= 11 is 1.44. The van der Waals surface area contributed by atoms with Crippen molar-refractivity contribution < 1.29 is 4.79 Å². The highest BCUT2D eigenvalue weighted by Crippen LogP contribution is 2.31. The number of fused-ring (bicyclic) bond motifs is 1. The van der Waals surface area contributed by atoms with Crippen molar-refractivity contribution in [1.29, 1.82) is 0 Å². The minimum Gasteiger partial charge on any atom is -0.325 e. The first-order valence-corrected chi connectivity index (χ1v) is 9.92. The molecular formula is C23H19N3OS. The molecule has 1 aromatic heterocycles. The summed E-state index contributed by atoms with van der Waals surface area (Å²) in [4.78, 5) is 21.5. The molecule has 1 amide bonds. The fourth-order valence-electron chi connectivity index (χ4n) is 2.99. The van der Waals surface area contributed by atoms with Crippen LogP contribution in [-0.4, -0.2) is 21.1 Å². The zero-order chi connectivity index (χ0) is 19.3. The van der Waals surface area contributed by atoms with Crippen molar-refractivity contribution in [3.8, 4) is 11.1 Å². The monoisotopic (exact) mass is 385 g/mol. The van der Waals surface area contributed by atoms with Gasteiger partial charge in [0, 0.05) is 16.6 Å². The van der Waals surface area contributed by atoms with Crippen molar-refractivity contribution in [2.45, 2.75) is 17.2 Å². The van der Waals surface area contributed by atoms with Crippen LogP contribution in [0.4, 0.5) is 5.69 Å². The first-order valence-electron chi connectivity index (χ1n) is 9.04. The third-order valence-corrected chi connectivity index (χ3v) is 5.55. The number of carbonyl (C=O) groups is 1. The van der Waals surface area contributed by atoms with Gasteiger partial charge in [0.15, 0.2) is 0 Å². The standard InChI is InChI=1S/C23H19N3OS/c1-16(28-23-19-12-6-7-13-20(19)24-15-25-23)22(27)26-21-14-8-5-11-18(21)17-9-3-2-4-10-17/h2-16H,1H3,(H,26,27). The van der Waals surface area contributed by atoms with E-state index < -0.39 is 0 Å². The van der Waals surface area contributed by atoms with Crippen LogP contribution >= 0.6 is 11.8 Å². The van der Waals surface area contributed by atoms with Gasteiger partial charge in [-0.1, -0.05) is 78.5 Å². The maximum absolute atomic E-state index is 12.9. The average molecular weight is 385 g/mol. The molecule has 0 aliphatic heterocycles. The van der Waals surface area contributed by atoms with Gasteiger partial charge in [0.1, 0.15) is 11.4 Å². The summed E-state index contributed by atoms with van der Waals surface area (Å²) in [6.07, 6.45) is 1.54. The lowest BCUT2D eigenvalue weighted by Crippen LogP contribution is -2.22. The van der Waals surface area contributed by atoms with Gasteiger partial charge >= 0.3 is 0 Å². The molecular weight excluding hydrogens is 366 g/mol. The number of carbonyl (C=O) groups excluding carboxylic acids is 1. The van der Waals surface area contributed by atoms with Crippen molar-refractivity contribution in [1.82, 2.24) is 9.97 Å². The molecule has 1 heterocycles. The summed E-state index contributed by atoms with van der Waals surface area (Å²) in [5.74, 6) is -0.0592. The third-order valence-electron chi connectivity index (χ3n) is 4.43. The molecule has 0 radical (unpaired) electrons. The van der Waals surface area contributed by atoms with Gasteiger partial charge in [0.2, 0.25) is 5.91 Å². The largest absolute Gasteiger partial charge is 0.325 e. The molecule has 0 fully saturated rings. The molecule has 0 aliphatic rings. The number of hydrogen-bond acceptors (Lipinski definition) is 4. The van der Waals surface area contributed by atoms with E-state index in [1.54, 1.807) is 6.33 Å². The lowest BCUT2D eigenvalue weighted by Gasteiger charge is -2.15. The van der Waals surface area contributed by atoms with E-state index in [1.165, 1.54) is 11.8 Å². The Labute approximate surface area is 168 Å². The number of rotatable bonds is 5. The Morgan fingerprint density at radius 1 is 0.893 bits per heavy atom.